The Morgan fingerprint density at radius 3 is 2.27 bits per heavy atom. The number of ether oxygens (including phenoxy) is 3. The van der Waals surface area contributed by atoms with Gasteiger partial charge >= 0.3 is 0 Å². The van der Waals surface area contributed by atoms with E-state index < -0.39 is 0 Å². The number of hydrogen-bond acceptors (Lipinski definition) is 8. The lowest BCUT2D eigenvalue weighted by Gasteiger charge is -2.44. The van der Waals surface area contributed by atoms with Crippen LogP contribution in [0.25, 0.3) is 11.1 Å². The fourth-order valence-electron chi connectivity index (χ4n) is 5.05. The molecule has 41 heavy (non-hydrogen) atoms. The zero-order valence-corrected chi connectivity index (χ0v) is 23.4. The van der Waals surface area contributed by atoms with Gasteiger partial charge in [-0.2, -0.15) is 0 Å². The molecule has 0 bridgehead atoms. The first-order valence-corrected chi connectivity index (χ1v) is 13.1. The van der Waals surface area contributed by atoms with Crippen molar-refractivity contribution in [3.05, 3.63) is 71.0 Å². The van der Waals surface area contributed by atoms with Crippen molar-refractivity contribution < 1.29 is 38.1 Å². The number of rotatable bonds is 10. The van der Waals surface area contributed by atoms with Crippen LogP contribution in [0.1, 0.15) is 40.1 Å². The number of benzene rings is 3. The zero-order valence-electron chi connectivity index (χ0n) is 23.4. The molecule has 216 valence electrons. The van der Waals surface area contributed by atoms with Crippen LogP contribution in [0.3, 0.4) is 0 Å². The second kappa shape index (κ2) is 12.8. The molecule has 1 aliphatic heterocycles. The maximum atomic E-state index is 13.3. The van der Waals surface area contributed by atoms with E-state index in [1.165, 1.54) is 50.6 Å². The van der Waals surface area contributed by atoms with Crippen LogP contribution in [0.2, 0.25) is 0 Å². The quantitative estimate of drug-likeness (QED) is 0.363. The summed E-state index contributed by atoms with van der Waals surface area (Å²) in [6.07, 6.45) is 1.20. The highest BCUT2D eigenvalue weighted by Crippen LogP contribution is 2.42. The predicted molar refractivity (Wildman–Crippen MR) is 150 cm³/mol. The number of halogens is 1. The number of carbonyl (C=O) groups excluding carboxylic acids is 3. The molecule has 0 unspecified atom stereocenters. The molecule has 0 aromatic heterocycles. The van der Waals surface area contributed by atoms with Gasteiger partial charge in [0.25, 0.3) is 5.91 Å². The van der Waals surface area contributed by atoms with Gasteiger partial charge in [-0.1, -0.05) is 12.1 Å². The number of carbonyl (C=O) groups is 3. The van der Waals surface area contributed by atoms with E-state index in [0.717, 1.165) is 5.56 Å². The number of amides is 1. The molecular weight excluding hydrogens is 531 g/mol. The van der Waals surface area contributed by atoms with E-state index >= 15 is 0 Å². The Morgan fingerprint density at radius 2 is 1.63 bits per heavy atom. The third kappa shape index (κ3) is 6.49. The van der Waals surface area contributed by atoms with Crippen molar-refractivity contribution in [3.8, 4) is 34.1 Å². The van der Waals surface area contributed by atoms with Crippen molar-refractivity contribution in [2.24, 2.45) is 0 Å². The summed E-state index contributed by atoms with van der Waals surface area (Å²) in [7, 11) is 2.77. The smallest absolute Gasteiger partial charge is 0.260 e. The first-order chi connectivity index (χ1) is 19.7. The van der Waals surface area contributed by atoms with Crippen LogP contribution >= 0.6 is 0 Å². The van der Waals surface area contributed by atoms with Gasteiger partial charge in [-0.25, -0.2) is 4.39 Å². The molecule has 2 atom stereocenters. The Balaban J connectivity index is 1.52. The van der Waals surface area contributed by atoms with E-state index in [1.54, 1.807) is 17.0 Å². The topological polar surface area (TPSA) is 106 Å². The maximum Gasteiger partial charge on any atom is 0.260 e. The van der Waals surface area contributed by atoms with Crippen LogP contribution in [0.15, 0.2) is 48.5 Å². The fraction of sp³-hybridized carbons (Fsp3) is 0.323. The van der Waals surface area contributed by atoms with E-state index in [2.05, 4.69) is 4.90 Å². The number of phenols is 1. The fourth-order valence-corrected chi connectivity index (χ4v) is 5.05. The van der Waals surface area contributed by atoms with E-state index in [-0.39, 0.29) is 75.7 Å². The second-order valence-corrected chi connectivity index (χ2v) is 10.0. The highest BCUT2D eigenvalue weighted by atomic mass is 19.1. The number of piperazine rings is 1. The molecule has 1 amide bonds. The highest BCUT2D eigenvalue weighted by molar-refractivity contribution is 5.93. The summed E-state index contributed by atoms with van der Waals surface area (Å²) in [4.78, 5) is 40.7. The van der Waals surface area contributed by atoms with Crippen LogP contribution < -0.4 is 14.2 Å². The molecule has 10 heteroatoms. The second-order valence-electron chi connectivity index (χ2n) is 10.0. The first-order valence-electron chi connectivity index (χ1n) is 13.1. The average Bonchev–Trinajstić information content (AvgIpc) is 2.98. The van der Waals surface area contributed by atoms with Crippen LogP contribution in [-0.2, 0) is 11.3 Å². The summed E-state index contributed by atoms with van der Waals surface area (Å²) in [5.74, 6) is -0.270. The van der Waals surface area contributed by atoms with Crippen molar-refractivity contribution in [3.63, 3.8) is 0 Å². The minimum atomic E-state index is -0.283. The molecule has 1 heterocycles. The summed E-state index contributed by atoms with van der Waals surface area (Å²) < 4.78 is 29.8. The molecule has 3 aromatic rings. The van der Waals surface area contributed by atoms with Crippen molar-refractivity contribution in [1.29, 1.82) is 0 Å². The average molecular weight is 565 g/mol. The Labute approximate surface area is 238 Å². The van der Waals surface area contributed by atoms with E-state index in [4.69, 9.17) is 14.2 Å². The number of phenolic OH excluding ortho intramolecular Hbond substituents is 1. The maximum absolute atomic E-state index is 13.3. The lowest BCUT2D eigenvalue weighted by Crippen LogP contribution is -2.58. The summed E-state index contributed by atoms with van der Waals surface area (Å²) in [6, 6.07) is 12.1. The van der Waals surface area contributed by atoms with E-state index in [1.807, 2.05) is 13.8 Å². The van der Waals surface area contributed by atoms with Gasteiger partial charge in [-0.3, -0.25) is 19.3 Å². The molecular formula is C31H33FN2O7. The minimum absolute atomic E-state index is 0.0660. The Bertz CT molecular complexity index is 1430. The molecule has 1 aliphatic rings. The van der Waals surface area contributed by atoms with Crippen molar-refractivity contribution in [2.45, 2.75) is 32.5 Å². The van der Waals surface area contributed by atoms with Gasteiger partial charge < -0.3 is 24.2 Å². The van der Waals surface area contributed by atoms with E-state index in [0.29, 0.717) is 32.2 Å². The van der Waals surface area contributed by atoms with Crippen molar-refractivity contribution in [2.75, 3.05) is 33.9 Å². The largest absolute Gasteiger partial charge is 0.504 e. The van der Waals surface area contributed by atoms with Crippen LogP contribution in [0, 0.1) is 5.82 Å². The molecule has 4 rings (SSSR count). The highest BCUT2D eigenvalue weighted by Gasteiger charge is 2.32. The lowest BCUT2D eigenvalue weighted by molar-refractivity contribution is -0.139. The monoisotopic (exact) mass is 564 g/mol. The van der Waals surface area contributed by atoms with Gasteiger partial charge in [0.2, 0.25) is 0 Å². The van der Waals surface area contributed by atoms with Crippen LogP contribution in [0.4, 0.5) is 4.39 Å². The lowest BCUT2D eigenvalue weighted by atomic mass is 9.96. The standard InChI is InChI=1S/C31H33FN2O7/c1-19-14-34(20(2)13-33(19)15-21-5-7-24(32)8-6-21)30(37)18-41-28-12-25(23(17-36)11-27(28)39-3)26-9-22(16-35)10-29(40-4)31(26)38/h5-12,16-17,19-20,38H,13-15,18H2,1-4H3/t19-,20+/m1/s1. The van der Waals surface area contributed by atoms with Gasteiger partial charge in [0.1, 0.15) is 12.1 Å². The van der Waals surface area contributed by atoms with Crippen molar-refractivity contribution >= 4 is 18.5 Å². The predicted octanol–water partition coefficient (Wildman–Crippen LogP) is 4.34. The Kier molecular flexibility index (Phi) is 9.24. The molecule has 0 radical (unpaired) electrons. The Hall–Kier alpha value is -4.44. The molecule has 3 aromatic carbocycles. The normalized spacial score (nSPS) is 17.1. The number of hydrogen-bond donors (Lipinski definition) is 1. The van der Waals surface area contributed by atoms with Crippen LogP contribution in [-0.4, -0.2) is 79.4 Å². The Morgan fingerprint density at radius 1 is 0.927 bits per heavy atom. The summed E-state index contributed by atoms with van der Waals surface area (Å²) in [6.45, 7) is 5.50. The number of aldehydes is 2. The van der Waals surface area contributed by atoms with Gasteiger partial charge in [-0.05, 0) is 61.4 Å². The minimum Gasteiger partial charge on any atom is -0.504 e. The molecule has 1 fully saturated rings. The van der Waals surface area contributed by atoms with Crippen LogP contribution in [0.5, 0.6) is 23.0 Å². The molecule has 1 saturated heterocycles. The van der Waals surface area contributed by atoms with Gasteiger partial charge in [0, 0.05) is 48.4 Å². The first kappa shape index (κ1) is 29.5. The number of nitrogens with zero attached hydrogens (tertiary/aromatic N) is 2. The third-order valence-corrected chi connectivity index (χ3v) is 7.29. The van der Waals surface area contributed by atoms with Gasteiger partial charge in [0.05, 0.1) is 14.2 Å². The molecule has 0 saturated carbocycles. The third-order valence-electron chi connectivity index (χ3n) is 7.29. The summed E-state index contributed by atoms with van der Waals surface area (Å²) >= 11 is 0. The zero-order chi connectivity index (χ0) is 29.7. The number of aromatic hydroxyl groups is 1. The molecule has 9 nitrogen and oxygen atoms in total. The van der Waals surface area contributed by atoms with Crippen molar-refractivity contribution in [1.82, 2.24) is 9.80 Å². The number of methoxy groups -OCH3 is 2. The molecule has 1 N–H and O–H groups in total. The summed E-state index contributed by atoms with van der Waals surface area (Å²) in [5, 5.41) is 10.8. The van der Waals surface area contributed by atoms with Gasteiger partial charge in [0.15, 0.2) is 35.9 Å². The van der Waals surface area contributed by atoms with E-state index in [9.17, 15) is 23.9 Å². The molecule has 0 spiro atoms. The SMILES string of the molecule is COc1cc(C=O)c(-c2cc(C=O)cc(OC)c2O)cc1OCC(=O)N1C[C@@H](C)N(Cc2ccc(F)cc2)C[C@@H]1C. The van der Waals surface area contributed by atoms with Gasteiger partial charge in [-0.15, -0.1) is 0 Å². The molecule has 0 aliphatic carbocycles. The summed E-state index contributed by atoms with van der Waals surface area (Å²) in [5.41, 5.74) is 1.88.